The zero-order valence-electron chi connectivity index (χ0n) is 37.5. The summed E-state index contributed by atoms with van der Waals surface area (Å²) in [5.74, 6) is -5.26. The molecule has 0 spiro atoms. The molecule has 15 nitrogen and oxygen atoms in total. The molecule has 3 fully saturated rings. The molecule has 3 N–H and O–H groups in total. The molecule has 2 aromatic rings. The first-order valence-electron chi connectivity index (χ1n) is 21.8. The number of Topliss-reactive ketones (excluding diaryl/α,β-unsaturated/α-hetero) is 2. The second kappa shape index (κ2) is 20.0. The molecule has 5 rings (SSSR count). The highest BCUT2D eigenvalue weighted by Gasteiger charge is 2.60. The number of cyclic esters (lactones) is 1. The number of nitrogens with two attached hydrogens (primary N) is 1. The van der Waals surface area contributed by atoms with Gasteiger partial charge in [0.15, 0.2) is 17.7 Å². The van der Waals surface area contributed by atoms with Crippen LogP contribution in [-0.2, 0) is 44.6 Å². The number of fused-ring (bicyclic) bond motifs is 1. The minimum Gasteiger partial charge on any atom is -0.458 e. The van der Waals surface area contributed by atoms with Crippen LogP contribution in [-0.4, -0.2) is 136 Å². The maximum absolute atomic E-state index is 14.8. The Kier molecular flexibility index (Phi) is 15.8. The van der Waals surface area contributed by atoms with E-state index in [1.165, 1.54) is 14.0 Å². The number of hydrogen-bond donors (Lipinski definition) is 2. The minimum absolute atomic E-state index is 0.0786. The lowest BCUT2D eigenvalue weighted by atomic mass is 9.73. The number of nitrogens with zero attached hydrogens (tertiary/aromatic N) is 4. The number of aliphatic hydroxyl groups excluding tert-OH is 1. The van der Waals surface area contributed by atoms with Gasteiger partial charge in [0.25, 0.3) is 0 Å². The summed E-state index contributed by atoms with van der Waals surface area (Å²) in [4.78, 5) is 64.9. The summed E-state index contributed by atoms with van der Waals surface area (Å²) in [5.41, 5.74) is 5.56. The van der Waals surface area contributed by atoms with Gasteiger partial charge in [-0.25, -0.2) is 14.2 Å². The van der Waals surface area contributed by atoms with Crippen molar-refractivity contribution in [3.05, 3.63) is 36.8 Å². The molecule has 0 bridgehead atoms. The Bertz CT molecular complexity index is 1850. The normalized spacial score (nSPS) is 35.5. The summed E-state index contributed by atoms with van der Waals surface area (Å²) in [6.07, 6.45) is 0.125. The number of amides is 1. The second-order valence-electron chi connectivity index (χ2n) is 17.9. The van der Waals surface area contributed by atoms with Crippen LogP contribution in [0, 0.1) is 23.7 Å². The van der Waals surface area contributed by atoms with Crippen molar-refractivity contribution in [3.8, 4) is 11.3 Å². The second-order valence-corrected chi connectivity index (χ2v) is 17.9. The van der Waals surface area contributed by atoms with E-state index in [1.54, 1.807) is 64.7 Å². The van der Waals surface area contributed by atoms with Gasteiger partial charge in [-0.15, -0.1) is 0 Å². The predicted octanol–water partition coefficient (Wildman–Crippen LogP) is 5.46. The average molecular weight is 858 g/mol. The van der Waals surface area contributed by atoms with Gasteiger partial charge < -0.3 is 44.0 Å². The van der Waals surface area contributed by atoms with E-state index in [2.05, 4.69) is 4.98 Å². The van der Waals surface area contributed by atoms with Crippen LogP contribution in [0.25, 0.3) is 11.3 Å². The SMILES string of the molecule is CC[C@H]1OC(=O)[C@H](C)C(=O)[C@H](C)[C@@H](O[C@@H]2O[C@H](C)C[C@H](N(C)CCF)[C@H]2O)[C@](C)(OC)C[C@@H](C)C(=O)[C@H](C)[C@@H]2N(CCCCn3cnc(-c4cccc(N)c4)c3)C(=O)O[C@@]21C. The lowest BCUT2D eigenvalue weighted by Crippen LogP contribution is -2.60. The number of carbonyl (C=O) groups is 4. The summed E-state index contributed by atoms with van der Waals surface area (Å²) in [6, 6.07) is 6.18. The summed E-state index contributed by atoms with van der Waals surface area (Å²) < 4.78 is 46.6. The van der Waals surface area contributed by atoms with Crippen LogP contribution in [0.4, 0.5) is 14.9 Å². The van der Waals surface area contributed by atoms with E-state index in [0.29, 0.717) is 31.5 Å². The lowest BCUT2D eigenvalue weighted by Gasteiger charge is -2.47. The Morgan fingerprint density at radius 3 is 2.41 bits per heavy atom. The van der Waals surface area contributed by atoms with E-state index in [-0.39, 0.29) is 37.8 Å². The number of ether oxygens (including phenoxy) is 5. The summed E-state index contributed by atoms with van der Waals surface area (Å²) in [6.45, 7) is 14.1. The van der Waals surface area contributed by atoms with E-state index < -0.39 is 96.1 Å². The molecular weight excluding hydrogens is 790 g/mol. The van der Waals surface area contributed by atoms with Gasteiger partial charge in [-0.05, 0) is 79.0 Å². The van der Waals surface area contributed by atoms with Crippen LogP contribution >= 0.6 is 0 Å². The standard InChI is InChI=1S/C45H68FN5O10/c1-11-35-45(8)39(51(43(56)61-45)19-13-12-18-50-24-33(48-25-50)31-15-14-16-32(47)22-31)28(4)36(52)26(2)23-44(7,57-10)40(29(5)37(53)30(6)41(55)59-35)60-42-38(54)34(21-27(3)58-42)49(9)20-17-46/h14-16,22,24-30,34-35,38-40,42,54H,11-13,17-21,23,47H2,1-10H3/t26-,27-,28+,29+,30-,34+,35-,38-,39+,40-,42+,44-,45-/m1/s1. The zero-order chi connectivity index (χ0) is 45.0. The number of benzene rings is 1. The van der Waals surface area contributed by atoms with Gasteiger partial charge in [0.2, 0.25) is 0 Å². The number of carbonyl (C=O) groups excluding carboxylic acids is 4. The molecule has 3 aliphatic rings. The first-order valence-corrected chi connectivity index (χ1v) is 21.8. The number of hydrogen-bond acceptors (Lipinski definition) is 13. The van der Waals surface area contributed by atoms with Gasteiger partial charge in [0.05, 0.1) is 35.9 Å². The fourth-order valence-electron chi connectivity index (χ4n) is 9.84. The van der Waals surface area contributed by atoms with E-state index in [9.17, 15) is 28.7 Å². The van der Waals surface area contributed by atoms with Gasteiger partial charge in [-0.3, -0.25) is 19.3 Å². The Balaban J connectivity index is 1.43. The minimum atomic E-state index is -1.43. The summed E-state index contributed by atoms with van der Waals surface area (Å²) in [5, 5.41) is 11.6. The smallest absolute Gasteiger partial charge is 0.410 e. The van der Waals surface area contributed by atoms with E-state index in [1.807, 2.05) is 42.0 Å². The van der Waals surface area contributed by atoms with Crippen LogP contribution in [0.15, 0.2) is 36.8 Å². The highest BCUT2D eigenvalue weighted by Crippen LogP contribution is 2.43. The first kappa shape index (κ1) is 48.1. The third-order valence-electron chi connectivity index (χ3n) is 13.4. The number of imidazole rings is 1. The summed E-state index contributed by atoms with van der Waals surface area (Å²) >= 11 is 0. The number of methoxy groups -OCH3 is 1. The molecule has 4 heterocycles. The van der Waals surface area contributed by atoms with Gasteiger partial charge >= 0.3 is 12.1 Å². The van der Waals surface area contributed by atoms with Crippen molar-refractivity contribution in [2.75, 3.05) is 39.7 Å². The third-order valence-corrected chi connectivity index (χ3v) is 13.4. The van der Waals surface area contributed by atoms with Crippen LogP contribution in [0.5, 0.6) is 0 Å². The maximum atomic E-state index is 14.8. The number of anilines is 1. The van der Waals surface area contributed by atoms with Crippen molar-refractivity contribution < 1.29 is 52.4 Å². The highest BCUT2D eigenvalue weighted by atomic mass is 19.1. The zero-order valence-corrected chi connectivity index (χ0v) is 37.5. The Morgan fingerprint density at radius 1 is 1.05 bits per heavy atom. The molecule has 1 aromatic carbocycles. The number of rotatable bonds is 13. The number of alkyl halides is 1. The highest BCUT2D eigenvalue weighted by molar-refractivity contribution is 6.00. The molecule has 1 aromatic heterocycles. The average Bonchev–Trinajstić information content (AvgIpc) is 3.81. The molecule has 1 amide bonds. The Labute approximate surface area is 359 Å². The predicted molar refractivity (Wildman–Crippen MR) is 226 cm³/mol. The van der Waals surface area contributed by atoms with E-state index in [0.717, 1.165) is 11.3 Å². The Morgan fingerprint density at radius 2 is 1.75 bits per heavy atom. The van der Waals surface area contributed by atoms with Crippen LogP contribution < -0.4 is 5.73 Å². The van der Waals surface area contributed by atoms with Gasteiger partial charge in [-0.1, -0.05) is 39.8 Å². The van der Waals surface area contributed by atoms with Crippen LogP contribution in [0.1, 0.15) is 87.5 Å². The molecule has 61 heavy (non-hydrogen) atoms. The summed E-state index contributed by atoms with van der Waals surface area (Å²) in [7, 11) is 3.18. The molecule has 0 saturated carbocycles. The van der Waals surface area contributed by atoms with Crippen LogP contribution in [0.2, 0.25) is 0 Å². The fourth-order valence-corrected chi connectivity index (χ4v) is 9.84. The fraction of sp³-hybridized carbons (Fsp3) is 0.711. The molecule has 3 aliphatic heterocycles. The molecule has 0 unspecified atom stereocenters. The molecule has 340 valence electrons. The number of aliphatic hydroxyl groups is 1. The van der Waals surface area contributed by atoms with Crippen molar-refractivity contribution in [3.63, 3.8) is 0 Å². The van der Waals surface area contributed by atoms with Gasteiger partial charge in [0, 0.05) is 68.0 Å². The molecular formula is C45H68FN5O10. The van der Waals surface area contributed by atoms with Crippen molar-refractivity contribution in [2.45, 2.75) is 148 Å². The van der Waals surface area contributed by atoms with Crippen molar-refractivity contribution in [1.29, 1.82) is 0 Å². The number of unbranched alkanes of at least 4 members (excludes halogenated alkanes) is 1. The van der Waals surface area contributed by atoms with Crippen molar-refractivity contribution >= 4 is 29.3 Å². The quantitative estimate of drug-likeness (QED) is 0.112. The molecule has 0 radical (unpaired) electrons. The monoisotopic (exact) mass is 857 g/mol. The number of halogens is 1. The Hall–Kier alpha value is -3.96. The lowest BCUT2D eigenvalue weighted by molar-refractivity contribution is -0.296. The molecule has 0 aliphatic carbocycles. The number of likely N-dealkylation sites (N-methyl/N-ethyl adjacent to an activating group) is 1. The number of aryl methyl sites for hydroxylation is 1. The molecule has 3 saturated heterocycles. The third kappa shape index (κ3) is 10.3. The number of esters is 1. The van der Waals surface area contributed by atoms with Crippen molar-refractivity contribution in [2.24, 2.45) is 23.7 Å². The number of nitrogen functional groups attached to an aromatic ring is 1. The molecule has 16 heteroatoms. The maximum Gasteiger partial charge on any atom is 0.410 e. The van der Waals surface area contributed by atoms with Crippen molar-refractivity contribution in [1.82, 2.24) is 19.4 Å². The topological polar surface area (TPSA) is 185 Å². The van der Waals surface area contributed by atoms with Gasteiger partial charge in [-0.2, -0.15) is 0 Å². The van der Waals surface area contributed by atoms with E-state index in [4.69, 9.17) is 29.4 Å². The van der Waals surface area contributed by atoms with E-state index >= 15 is 0 Å². The van der Waals surface area contributed by atoms with Gasteiger partial charge in [0.1, 0.15) is 30.6 Å². The number of aromatic nitrogens is 2. The first-order chi connectivity index (χ1) is 28.8. The molecule has 13 atom stereocenters. The largest absolute Gasteiger partial charge is 0.458 e. The number of ketones is 2. The van der Waals surface area contributed by atoms with Crippen LogP contribution in [0.3, 0.4) is 0 Å².